The van der Waals surface area contributed by atoms with Crippen molar-refractivity contribution >= 4 is 0 Å². The number of ether oxygens (including phenoxy) is 2. The molecule has 0 amide bonds. The van der Waals surface area contributed by atoms with Gasteiger partial charge in [0.1, 0.15) is 5.56 Å². The van der Waals surface area contributed by atoms with Gasteiger partial charge in [0, 0.05) is 25.5 Å². The quantitative estimate of drug-likeness (QED) is 0.528. The number of rotatable bonds is 6. The lowest BCUT2D eigenvalue weighted by atomic mass is 10.1. The molecule has 0 saturated heterocycles. The van der Waals surface area contributed by atoms with E-state index < -0.39 is 29.3 Å². The molecular weight excluding hydrogens is 401 g/mol. The predicted molar refractivity (Wildman–Crippen MR) is 106 cm³/mol. The average Bonchev–Trinajstić information content (AvgIpc) is 2.68. The van der Waals surface area contributed by atoms with Crippen molar-refractivity contribution in [1.82, 2.24) is 9.13 Å². The van der Waals surface area contributed by atoms with Gasteiger partial charge in [-0.3, -0.25) is 13.9 Å². The molecule has 1 aromatic heterocycles. The molecule has 0 aliphatic rings. The molecule has 0 unspecified atom stereocenters. The SMILES string of the molecule is CCOC(C#Cc1c(C)n(-c2cccc(C(F)(F)F)c2)c(=O)n(CC)c1=O)OCC. The molecule has 2 aromatic rings. The van der Waals surface area contributed by atoms with Crippen molar-refractivity contribution in [3.8, 4) is 17.5 Å². The van der Waals surface area contributed by atoms with Crippen LogP contribution in [0, 0.1) is 18.8 Å². The highest BCUT2D eigenvalue weighted by Gasteiger charge is 2.31. The third-order valence-corrected chi connectivity index (χ3v) is 4.28. The van der Waals surface area contributed by atoms with Crippen LogP contribution in [0.15, 0.2) is 33.9 Å². The molecule has 1 aromatic carbocycles. The van der Waals surface area contributed by atoms with E-state index in [2.05, 4.69) is 11.8 Å². The lowest BCUT2D eigenvalue weighted by Crippen LogP contribution is -2.41. The highest BCUT2D eigenvalue weighted by Crippen LogP contribution is 2.30. The topological polar surface area (TPSA) is 62.5 Å². The fourth-order valence-corrected chi connectivity index (χ4v) is 2.87. The Morgan fingerprint density at radius 1 is 1.10 bits per heavy atom. The third-order valence-electron chi connectivity index (χ3n) is 4.28. The third kappa shape index (κ3) is 5.01. The van der Waals surface area contributed by atoms with Gasteiger partial charge in [0.2, 0.25) is 6.29 Å². The van der Waals surface area contributed by atoms with E-state index in [0.717, 1.165) is 21.3 Å². The van der Waals surface area contributed by atoms with E-state index in [0.29, 0.717) is 13.2 Å². The summed E-state index contributed by atoms with van der Waals surface area (Å²) in [6.45, 7) is 7.28. The zero-order valence-electron chi connectivity index (χ0n) is 17.2. The number of nitrogens with zero attached hydrogens (tertiary/aromatic N) is 2. The Balaban J connectivity index is 2.75. The summed E-state index contributed by atoms with van der Waals surface area (Å²) in [6.07, 6.45) is -5.44. The van der Waals surface area contributed by atoms with E-state index in [1.807, 2.05) is 0 Å². The predicted octanol–water partition coefficient (Wildman–Crippen LogP) is 3.10. The highest BCUT2D eigenvalue weighted by atomic mass is 19.4. The molecule has 0 saturated carbocycles. The summed E-state index contributed by atoms with van der Waals surface area (Å²) in [5, 5.41) is 0. The van der Waals surface area contributed by atoms with Crippen molar-refractivity contribution in [2.24, 2.45) is 0 Å². The highest BCUT2D eigenvalue weighted by molar-refractivity contribution is 5.43. The number of hydrogen-bond acceptors (Lipinski definition) is 4. The lowest BCUT2D eigenvalue weighted by molar-refractivity contribution is -0.137. The first-order valence-electron chi connectivity index (χ1n) is 9.44. The first-order valence-corrected chi connectivity index (χ1v) is 9.44. The number of alkyl halides is 3. The number of aromatic nitrogens is 2. The van der Waals surface area contributed by atoms with Crippen LogP contribution in [0.2, 0.25) is 0 Å². The Morgan fingerprint density at radius 2 is 1.73 bits per heavy atom. The maximum atomic E-state index is 13.1. The Morgan fingerprint density at radius 3 is 2.27 bits per heavy atom. The molecule has 0 bridgehead atoms. The fraction of sp³-hybridized carbons (Fsp3) is 0.429. The van der Waals surface area contributed by atoms with Crippen molar-refractivity contribution in [3.63, 3.8) is 0 Å². The summed E-state index contributed by atoms with van der Waals surface area (Å²) in [6, 6.07) is 4.35. The maximum absolute atomic E-state index is 13.1. The molecule has 2 rings (SSSR count). The molecule has 9 heteroatoms. The minimum Gasteiger partial charge on any atom is -0.342 e. The molecule has 0 aliphatic heterocycles. The van der Waals surface area contributed by atoms with Crippen LogP contribution in [0.1, 0.15) is 37.6 Å². The summed E-state index contributed by atoms with van der Waals surface area (Å²) < 4.78 is 52.1. The smallest absolute Gasteiger partial charge is 0.342 e. The zero-order chi connectivity index (χ0) is 22.5. The van der Waals surface area contributed by atoms with Crippen molar-refractivity contribution in [2.75, 3.05) is 13.2 Å². The Hall–Kier alpha value is -2.83. The van der Waals surface area contributed by atoms with Crippen molar-refractivity contribution in [1.29, 1.82) is 0 Å². The van der Waals surface area contributed by atoms with Crippen molar-refractivity contribution in [2.45, 2.75) is 46.7 Å². The first-order chi connectivity index (χ1) is 14.1. The Labute approximate surface area is 171 Å². The Bertz CT molecular complexity index is 1070. The Kier molecular flexibility index (Phi) is 7.65. The van der Waals surface area contributed by atoms with Gasteiger partial charge in [-0.1, -0.05) is 12.0 Å². The molecule has 0 atom stereocenters. The van der Waals surface area contributed by atoms with Gasteiger partial charge < -0.3 is 9.47 Å². The van der Waals surface area contributed by atoms with Gasteiger partial charge in [-0.05, 0) is 51.8 Å². The summed E-state index contributed by atoms with van der Waals surface area (Å²) in [5.74, 6) is 5.39. The number of halogens is 3. The number of hydrogen-bond donors (Lipinski definition) is 0. The molecule has 6 nitrogen and oxygen atoms in total. The monoisotopic (exact) mass is 424 g/mol. The van der Waals surface area contributed by atoms with Crippen LogP contribution >= 0.6 is 0 Å². The van der Waals surface area contributed by atoms with Crippen LogP contribution in [0.3, 0.4) is 0 Å². The first kappa shape index (κ1) is 23.4. The second kappa shape index (κ2) is 9.78. The minimum atomic E-state index is -4.57. The lowest BCUT2D eigenvalue weighted by Gasteiger charge is -2.16. The van der Waals surface area contributed by atoms with E-state index >= 15 is 0 Å². The normalized spacial score (nSPS) is 11.5. The van der Waals surface area contributed by atoms with Gasteiger partial charge in [0.25, 0.3) is 5.56 Å². The van der Waals surface area contributed by atoms with Crippen LogP contribution in [-0.4, -0.2) is 28.6 Å². The summed E-state index contributed by atoms with van der Waals surface area (Å²) in [7, 11) is 0. The second-order valence-electron chi connectivity index (χ2n) is 6.19. The van der Waals surface area contributed by atoms with E-state index in [1.54, 1.807) is 20.8 Å². The molecule has 1 heterocycles. The van der Waals surface area contributed by atoms with Gasteiger partial charge in [0.05, 0.1) is 11.3 Å². The molecule has 0 aliphatic carbocycles. The van der Waals surface area contributed by atoms with Gasteiger partial charge in [-0.25, -0.2) is 4.79 Å². The summed E-state index contributed by atoms with van der Waals surface area (Å²) in [5.41, 5.74) is -2.16. The van der Waals surface area contributed by atoms with Gasteiger partial charge >= 0.3 is 11.9 Å². The van der Waals surface area contributed by atoms with E-state index in [9.17, 15) is 22.8 Å². The van der Waals surface area contributed by atoms with Crippen LogP contribution < -0.4 is 11.2 Å². The molecule has 0 radical (unpaired) electrons. The van der Waals surface area contributed by atoms with Gasteiger partial charge in [0.15, 0.2) is 0 Å². The molecule has 0 spiro atoms. The standard InChI is InChI=1S/C21H23F3N2O4/c1-5-25-19(27)17(11-12-18(29-6-2)30-7-3)14(4)26(20(25)28)16-10-8-9-15(13-16)21(22,23)24/h8-10,13,18H,5-7H2,1-4H3. The molecule has 0 fully saturated rings. The maximum Gasteiger partial charge on any atom is 0.416 e. The van der Waals surface area contributed by atoms with E-state index in [4.69, 9.17) is 9.47 Å². The van der Waals surface area contributed by atoms with E-state index in [1.165, 1.54) is 19.1 Å². The second-order valence-corrected chi connectivity index (χ2v) is 6.19. The molecule has 30 heavy (non-hydrogen) atoms. The van der Waals surface area contributed by atoms with Gasteiger partial charge in [-0.15, -0.1) is 0 Å². The minimum absolute atomic E-state index is 0.0104. The van der Waals surface area contributed by atoms with Crippen molar-refractivity contribution in [3.05, 3.63) is 61.9 Å². The van der Waals surface area contributed by atoms with Crippen LogP contribution in [0.25, 0.3) is 5.69 Å². The van der Waals surface area contributed by atoms with Crippen LogP contribution in [0.4, 0.5) is 13.2 Å². The van der Waals surface area contributed by atoms with Crippen LogP contribution in [-0.2, 0) is 22.2 Å². The summed E-state index contributed by atoms with van der Waals surface area (Å²) >= 11 is 0. The average molecular weight is 424 g/mol. The largest absolute Gasteiger partial charge is 0.416 e. The summed E-state index contributed by atoms with van der Waals surface area (Å²) in [4.78, 5) is 25.6. The number of benzene rings is 1. The van der Waals surface area contributed by atoms with Gasteiger partial charge in [-0.2, -0.15) is 13.2 Å². The molecule has 162 valence electrons. The van der Waals surface area contributed by atoms with E-state index in [-0.39, 0.29) is 23.5 Å². The molecule has 0 N–H and O–H groups in total. The zero-order valence-corrected chi connectivity index (χ0v) is 17.2. The molecular formula is C21H23F3N2O4. The van der Waals surface area contributed by atoms with Crippen molar-refractivity contribution < 1.29 is 22.6 Å². The van der Waals surface area contributed by atoms with Crippen LogP contribution in [0.5, 0.6) is 0 Å². The fourth-order valence-electron chi connectivity index (χ4n) is 2.87.